The Kier molecular flexibility index (Phi) is 5.81. The van der Waals surface area contributed by atoms with E-state index in [1.54, 1.807) is 12.7 Å². The van der Waals surface area contributed by atoms with Crippen LogP contribution in [0.2, 0.25) is 0 Å². The summed E-state index contributed by atoms with van der Waals surface area (Å²) in [6.07, 6.45) is 9.68. The van der Waals surface area contributed by atoms with Gasteiger partial charge in [0.25, 0.3) is 0 Å². The van der Waals surface area contributed by atoms with E-state index in [9.17, 15) is 0 Å². The normalized spacial score (nSPS) is 14.4. The molecule has 0 N–H and O–H groups in total. The number of fused-ring (bicyclic) bond motifs is 4. The third-order valence-corrected chi connectivity index (χ3v) is 8.82. The van der Waals surface area contributed by atoms with Crippen LogP contribution in [0.15, 0.2) is 158 Å². The van der Waals surface area contributed by atoms with Crippen LogP contribution in [0.3, 0.4) is 0 Å². The van der Waals surface area contributed by atoms with E-state index >= 15 is 0 Å². The van der Waals surface area contributed by atoms with Gasteiger partial charge in [-0.25, -0.2) is 15.0 Å². The highest BCUT2D eigenvalue weighted by Crippen LogP contribution is 2.50. The number of hydrogen-bond acceptors (Lipinski definition) is 5. The Balaban J connectivity index is 1.42. The molecule has 0 aliphatic carbocycles. The number of para-hydroxylation sites is 1. The Labute approximate surface area is 260 Å². The molecule has 0 saturated carbocycles. The van der Waals surface area contributed by atoms with Crippen LogP contribution in [0.1, 0.15) is 11.4 Å². The average Bonchev–Trinajstić information content (AvgIpc) is 3.46. The lowest BCUT2D eigenvalue weighted by atomic mass is 9.86. The first-order valence-electron chi connectivity index (χ1n) is 15.2. The minimum absolute atomic E-state index is 0.630. The largest absolute Gasteiger partial charge is 0.321 e. The lowest BCUT2D eigenvalue weighted by molar-refractivity contribution is 0.547. The van der Waals surface area contributed by atoms with Gasteiger partial charge in [-0.3, -0.25) is 4.90 Å². The second-order valence-electron chi connectivity index (χ2n) is 11.3. The van der Waals surface area contributed by atoms with Crippen molar-refractivity contribution in [1.29, 1.82) is 0 Å². The molecule has 0 unspecified atom stereocenters. The van der Waals surface area contributed by atoms with E-state index in [0.29, 0.717) is 5.82 Å². The SMILES string of the molecule is C1=CCN2C(=C1)N(c1ccccc1)C(c1ncncn1)=C2c1c2ccccc2c(-c2ccc3ccccc3c2)c2ccccc12. The summed E-state index contributed by atoms with van der Waals surface area (Å²) in [5.41, 5.74) is 6.69. The van der Waals surface area contributed by atoms with Gasteiger partial charge in [-0.05, 0) is 67.7 Å². The van der Waals surface area contributed by atoms with Gasteiger partial charge in [0.15, 0.2) is 5.82 Å². The van der Waals surface area contributed by atoms with Crippen molar-refractivity contribution in [1.82, 2.24) is 19.9 Å². The average molecular weight is 578 g/mol. The number of rotatable bonds is 4. The van der Waals surface area contributed by atoms with Crippen LogP contribution in [0, 0.1) is 0 Å². The summed E-state index contributed by atoms with van der Waals surface area (Å²) in [5, 5.41) is 7.26. The summed E-state index contributed by atoms with van der Waals surface area (Å²) >= 11 is 0. The number of allylic oxidation sites excluding steroid dienone is 2. The molecular formula is C40H27N5. The van der Waals surface area contributed by atoms with Crippen molar-refractivity contribution in [3.05, 3.63) is 169 Å². The molecule has 212 valence electrons. The van der Waals surface area contributed by atoms with Crippen LogP contribution >= 0.6 is 0 Å². The Hall–Kier alpha value is -6.07. The first-order chi connectivity index (χ1) is 22.4. The Morgan fingerprint density at radius 3 is 1.89 bits per heavy atom. The highest BCUT2D eigenvalue weighted by molar-refractivity contribution is 6.22. The fourth-order valence-corrected chi connectivity index (χ4v) is 6.95. The quantitative estimate of drug-likeness (QED) is 0.195. The second-order valence-corrected chi connectivity index (χ2v) is 11.3. The van der Waals surface area contributed by atoms with Crippen LogP contribution in [-0.4, -0.2) is 26.4 Å². The Bertz CT molecular complexity index is 2300. The van der Waals surface area contributed by atoms with E-state index in [4.69, 9.17) is 9.97 Å². The van der Waals surface area contributed by atoms with Crippen molar-refractivity contribution >= 4 is 49.4 Å². The Morgan fingerprint density at radius 1 is 0.556 bits per heavy atom. The van der Waals surface area contributed by atoms with Gasteiger partial charge in [0, 0.05) is 17.8 Å². The van der Waals surface area contributed by atoms with Gasteiger partial charge in [0.2, 0.25) is 0 Å². The first kappa shape index (κ1) is 25.4. The number of nitrogens with zero attached hydrogens (tertiary/aromatic N) is 5. The molecule has 3 heterocycles. The van der Waals surface area contributed by atoms with Crippen LogP contribution in [-0.2, 0) is 0 Å². The van der Waals surface area contributed by atoms with E-state index < -0.39 is 0 Å². The minimum Gasteiger partial charge on any atom is -0.321 e. The fourth-order valence-electron chi connectivity index (χ4n) is 6.95. The third-order valence-electron chi connectivity index (χ3n) is 8.82. The van der Waals surface area contributed by atoms with Crippen molar-refractivity contribution in [2.24, 2.45) is 0 Å². The van der Waals surface area contributed by atoms with E-state index in [1.807, 2.05) is 6.07 Å². The van der Waals surface area contributed by atoms with Crippen LogP contribution in [0.4, 0.5) is 5.69 Å². The van der Waals surface area contributed by atoms with Gasteiger partial charge in [0.1, 0.15) is 24.2 Å². The van der Waals surface area contributed by atoms with E-state index in [2.05, 4.69) is 148 Å². The third kappa shape index (κ3) is 3.98. The van der Waals surface area contributed by atoms with E-state index in [1.165, 1.54) is 49.0 Å². The molecule has 9 rings (SSSR count). The van der Waals surface area contributed by atoms with E-state index in [-0.39, 0.29) is 0 Å². The molecule has 2 aliphatic heterocycles. The lowest BCUT2D eigenvalue weighted by Crippen LogP contribution is -2.27. The zero-order valence-corrected chi connectivity index (χ0v) is 24.4. The molecule has 0 fully saturated rings. The minimum atomic E-state index is 0.630. The van der Waals surface area contributed by atoms with Crippen molar-refractivity contribution in [3.63, 3.8) is 0 Å². The van der Waals surface area contributed by atoms with Crippen molar-refractivity contribution < 1.29 is 0 Å². The number of aromatic nitrogens is 3. The van der Waals surface area contributed by atoms with Crippen LogP contribution in [0.5, 0.6) is 0 Å². The molecule has 2 aliphatic rings. The zero-order chi connectivity index (χ0) is 29.7. The molecule has 5 heteroatoms. The molecule has 0 bridgehead atoms. The highest BCUT2D eigenvalue weighted by atomic mass is 15.4. The van der Waals surface area contributed by atoms with Gasteiger partial charge in [-0.15, -0.1) is 0 Å². The lowest BCUT2D eigenvalue weighted by Gasteiger charge is -2.29. The molecule has 6 aromatic carbocycles. The summed E-state index contributed by atoms with van der Waals surface area (Å²) < 4.78 is 0. The smallest absolute Gasteiger partial charge is 0.181 e. The number of hydrogen-bond donors (Lipinski definition) is 0. The van der Waals surface area contributed by atoms with Gasteiger partial charge in [-0.2, -0.15) is 0 Å². The Morgan fingerprint density at radius 2 is 1.18 bits per heavy atom. The molecule has 0 radical (unpaired) electrons. The van der Waals surface area contributed by atoms with Crippen molar-refractivity contribution in [3.8, 4) is 11.1 Å². The second kappa shape index (κ2) is 10.3. The maximum absolute atomic E-state index is 4.73. The molecule has 0 spiro atoms. The summed E-state index contributed by atoms with van der Waals surface area (Å²) in [4.78, 5) is 18.3. The highest BCUT2D eigenvalue weighted by Gasteiger charge is 2.39. The van der Waals surface area contributed by atoms with Crippen LogP contribution in [0.25, 0.3) is 54.8 Å². The predicted molar refractivity (Wildman–Crippen MR) is 184 cm³/mol. The zero-order valence-electron chi connectivity index (χ0n) is 24.4. The number of anilines is 1. The van der Waals surface area contributed by atoms with Gasteiger partial charge in [-0.1, -0.05) is 115 Å². The van der Waals surface area contributed by atoms with Crippen molar-refractivity contribution in [2.45, 2.75) is 0 Å². The standard InChI is InChI=1S/C40H27N5/c1-2-14-30(15-3-1)45-35-20-10-11-23-44(35)38(39(45)40-42-25-41-26-43-40)37-33-18-8-6-16-31(33)36(32-17-7-9-19-34(32)37)29-22-21-27-12-4-5-13-28(27)24-29/h1-22,24-26H,23H2. The molecule has 0 amide bonds. The van der Waals surface area contributed by atoms with Crippen molar-refractivity contribution in [2.75, 3.05) is 11.4 Å². The maximum Gasteiger partial charge on any atom is 0.181 e. The monoisotopic (exact) mass is 577 g/mol. The molecule has 1 aromatic heterocycles. The fraction of sp³-hybridized carbons (Fsp3) is 0.0250. The van der Waals surface area contributed by atoms with Gasteiger partial charge < -0.3 is 4.90 Å². The molecule has 45 heavy (non-hydrogen) atoms. The summed E-state index contributed by atoms with van der Waals surface area (Å²) in [7, 11) is 0. The summed E-state index contributed by atoms with van der Waals surface area (Å²) in [5.74, 6) is 1.70. The van der Waals surface area contributed by atoms with Crippen LogP contribution < -0.4 is 4.90 Å². The van der Waals surface area contributed by atoms with Gasteiger partial charge in [0.05, 0.1) is 5.70 Å². The summed E-state index contributed by atoms with van der Waals surface area (Å²) in [6, 6.07) is 43.5. The topological polar surface area (TPSA) is 45.2 Å². The predicted octanol–water partition coefficient (Wildman–Crippen LogP) is 9.06. The maximum atomic E-state index is 4.73. The molecule has 5 nitrogen and oxygen atoms in total. The number of benzene rings is 6. The van der Waals surface area contributed by atoms with E-state index in [0.717, 1.165) is 29.4 Å². The first-order valence-corrected chi connectivity index (χ1v) is 15.2. The molecular weight excluding hydrogens is 550 g/mol. The van der Waals surface area contributed by atoms with Gasteiger partial charge >= 0.3 is 0 Å². The molecule has 0 saturated heterocycles. The molecule has 0 atom stereocenters. The summed E-state index contributed by atoms with van der Waals surface area (Å²) in [6.45, 7) is 0.730. The molecule has 7 aromatic rings.